The highest BCUT2D eigenvalue weighted by atomic mass is 35.5. The fourth-order valence-corrected chi connectivity index (χ4v) is 2.88. The SMILES string of the molecule is NCc1c(F)cccc1Sc1ccc(Cl)c(Cl)c1. The Labute approximate surface area is 119 Å². The second-order valence-electron chi connectivity index (χ2n) is 3.60. The Morgan fingerprint density at radius 1 is 1.11 bits per heavy atom. The predicted octanol–water partition coefficient (Wildman–Crippen LogP) is 4.74. The summed E-state index contributed by atoms with van der Waals surface area (Å²) in [6, 6.07) is 10.2. The lowest BCUT2D eigenvalue weighted by Gasteiger charge is -2.08. The zero-order chi connectivity index (χ0) is 13.1. The fourth-order valence-electron chi connectivity index (χ4n) is 1.50. The largest absolute Gasteiger partial charge is 0.326 e. The van der Waals surface area contributed by atoms with E-state index in [1.165, 1.54) is 17.8 Å². The molecule has 0 saturated carbocycles. The first kappa shape index (κ1) is 13.7. The van der Waals surface area contributed by atoms with E-state index >= 15 is 0 Å². The summed E-state index contributed by atoms with van der Waals surface area (Å²) in [5.41, 5.74) is 6.07. The van der Waals surface area contributed by atoms with Crippen molar-refractivity contribution < 1.29 is 4.39 Å². The molecule has 0 atom stereocenters. The molecule has 0 fully saturated rings. The Bertz CT molecular complexity index is 575. The maximum atomic E-state index is 13.6. The molecule has 0 unspecified atom stereocenters. The van der Waals surface area contributed by atoms with Gasteiger partial charge in [-0.1, -0.05) is 41.0 Å². The number of hydrogen-bond donors (Lipinski definition) is 1. The Balaban J connectivity index is 2.34. The number of halogens is 3. The molecule has 18 heavy (non-hydrogen) atoms. The third kappa shape index (κ3) is 2.98. The Morgan fingerprint density at radius 3 is 2.56 bits per heavy atom. The van der Waals surface area contributed by atoms with Crippen LogP contribution in [0.5, 0.6) is 0 Å². The lowest BCUT2D eigenvalue weighted by Crippen LogP contribution is -2.01. The van der Waals surface area contributed by atoms with Crippen LogP contribution in [-0.4, -0.2) is 0 Å². The van der Waals surface area contributed by atoms with Gasteiger partial charge in [0.05, 0.1) is 10.0 Å². The summed E-state index contributed by atoms with van der Waals surface area (Å²) in [7, 11) is 0. The average molecular weight is 302 g/mol. The minimum atomic E-state index is -0.289. The van der Waals surface area contributed by atoms with Crippen molar-refractivity contribution >= 4 is 35.0 Å². The zero-order valence-corrected chi connectivity index (χ0v) is 11.6. The van der Waals surface area contributed by atoms with Crippen molar-refractivity contribution in [3.8, 4) is 0 Å². The highest BCUT2D eigenvalue weighted by molar-refractivity contribution is 7.99. The molecule has 0 aliphatic rings. The monoisotopic (exact) mass is 301 g/mol. The van der Waals surface area contributed by atoms with E-state index in [4.69, 9.17) is 28.9 Å². The van der Waals surface area contributed by atoms with E-state index in [9.17, 15) is 4.39 Å². The van der Waals surface area contributed by atoms with Crippen LogP contribution >= 0.6 is 35.0 Å². The molecule has 0 bridgehead atoms. The third-order valence-corrected chi connectivity index (χ3v) is 4.23. The van der Waals surface area contributed by atoms with Gasteiger partial charge in [0, 0.05) is 21.9 Å². The lowest BCUT2D eigenvalue weighted by molar-refractivity contribution is 0.604. The highest BCUT2D eigenvalue weighted by Crippen LogP contribution is 2.34. The molecule has 5 heteroatoms. The standard InChI is InChI=1S/C13H10Cl2FNS/c14-10-5-4-8(6-11(10)15)18-13-3-1-2-12(16)9(13)7-17/h1-6H,7,17H2. The van der Waals surface area contributed by atoms with E-state index in [1.54, 1.807) is 18.2 Å². The summed E-state index contributed by atoms with van der Waals surface area (Å²) in [6.07, 6.45) is 0. The van der Waals surface area contributed by atoms with Crippen molar-refractivity contribution in [2.75, 3.05) is 0 Å². The van der Waals surface area contributed by atoms with Crippen LogP contribution in [0.4, 0.5) is 4.39 Å². The second-order valence-corrected chi connectivity index (χ2v) is 5.53. The van der Waals surface area contributed by atoms with Gasteiger partial charge in [0.25, 0.3) is 0 Å². The van der Waals surface area contributed by atoms with Crippen LogP contribution in [0, 0.1) is 5.82 Å². The van der Waals surface area contributed by atoms with E-state index in [0.717, 1.165) is 9.79 Å². The predicted molar refractivity (Wildman–Crippen MR) is 74.9 cm³/mol. The van der Waals surface area contributed by atoms with Crippen LogP contribution in [0.1, 0.15) is 5.56 Å². The van der Waals surface area contributed by atoms with Gasteiger partial charge in [-0.15, -0.1) is 0 Å². The van der Waals surface area contributed by atoms with Gasteiger partial charge >= 0.3 is 0 Å². The van der Waals surface area contributed by atoms with Crippen molar-refractivity contribution in [1.29, 1.82) is 0 Å². The van der Waals surface area contributed by atoms with Gasteiger partial charge in [0.15, 0.2) is 0 Å². The molecule has 0 saturated heterocycles. The summed E-state index contributed by atoms with van der Waals surface area (Å²) in [6.45, 7) is 0.163. The van der Waals surface area contributed by atoms with Crippen LogP contribution in [0.3, 0.4) is 0 Å². The van der Waals surface area contributed by atoms with E-state index in [2.05, 4.69) is 0 Å². The molecule has 94 valence electrons. The molecule has 2 rings (SSSR count). The van der Waals surface area contributed by atoms with Gasteiger partial charge in [-0.2, -0.15) is 0 Å². The van der Waals surface area contributed by atoms with E-state index < -0.39 is 0 Å². The summed E-state index contributed by atoms with van der Waals surface area (Å²) < 4.78 is 13.6. The molecule has 0 heterocycles. The minimum Gasteiger partial charge on any atom is -0.326 e. The number of nitrogens with two attached hydrogens (primary N) is 1. The molecular formula is C13H10Cl2FNS. The number of hydrogen-bond acceptors (Lipinski definition) is 2. The molecule has 0 aliphatic carbocycles. The first-order valence-corrected chi connectivity index (χ1v) is 6.79. The van der Waals surface area contributed by atoms with Gasteiger partial charge in [0.1, 0.15) is 5.82 Å². The van der Waals surface area contributed by atoms with Crippen LogP contribution in [-0.2, 0) is 6.54 Å². The highest BCUT2D eigenvalue weighted by Gasteiger charge is 2.09. The molecule has 0 spiro atoms. The molecular weight excluding hydrogens is 292 g/mol. The molecule has 0 aliphatic heterocycles. The Kier molecular flexibility index (Phi) is 4.51. The maximum Gasteiger partial charge on any atom is 0.128 e. The molecule has 0 amide bonds. The topological polar surface area (TPSA) is 26.0 Å². The van der Waals surface area contributed by atoms with Gasteiger partial charge in [-0.05, 0) is 30.3 Å². The molecule has 2 aromatic carbocycles. The van der Waals surface area contributed by atoms with Crippen molar-refractivity contribution in [3.63, 3.8) is 0 Å². The van der Waals surface area contributed by atoms with Gasteiger partial charge < -0.3 is 5.73 Å². The lowest BCUT2D eigenvalue weighted by atomic mass is 10.2. The van der Waals surface area contributed by atoms with Crippen molar-refractivity contribution in [2.45, 2.75) is 16.3 Å². The molecule has 2 aromatic rings. The smallest absolute Gasteiger partial charge is 0.128 e. The summed E-state index contributed by atoms with van der Waals surface area (Å²) in [5, 5.41) is 0.978. The normalized spacial score (nSPS) is 10.7. The van der Waals surface area contributed by atoms with Crippen LogP contribution in [0.2, 0.25) is 10.0 Å². The molecule has 0 aromatic heterocycles. The first-order chi connectivity index (χ1) is 8.61. The van der Waals surface area contributed by atoms with Crippen molar-refractivity contribution in [1.82, 2.24) is 0 Å². The fraction of sp³-hybridized carbons (Fsp3) is 0.0769. The van der Waals surface area contributed by atoms with Crippen molar-refractivity contribution in [3.05, 3.63) is 57.8 Å². The van der Waals surface area contributed by atoms with E-state index in [-0.39, 0.29) is 12.4 Å². The minimum absolute atomic E-state index is 0.163. The number of rotatable bonds is 3. The van der Waals surface area contributed by atoms with Gasteiger partial charge in [-0.3, -0.25) is 0 Å². The molecule has 1 nitrogen and oxygen atoms in total. The molecule has 0 radical (unpaired) electrons. The average Bonchev–Trinajstić information content (AvgIpc) is 2.34. The van der Waals surface area contributed by atoms with Gasteiger partial charge in [0.2, 0.25) is 0 Å². The maximum absolute atomic E-state index is 13.6. The van der Waals surface area contributed by atoms with Crippen molar-refractivity contribution in [2.24, 2.45) is 5.73 Å². The van der Waals surface area contributed by atoms with E-state index in [0.29, 0.717) is 15.6 Å². The van der Waals surface area contributed by atoms with Crippen LogP contribution in [0.25, 0.3) is 0 Å². The first-order valence-electron chi connectivity index (χ1n) is 5.22. The Morgan fingerprint density at radius 2 is 1.89 bits per heavy atom. The summed E-state index contributed by atoms with van der Waals surface area (Å²) >= 11 is 13.2. The Hall–Kier alpha value is -0.740. The van der Waals surface area contributed by atoms with Crippen LogP contribution in [0.15, 0.2) is 46.2 Å². The quantitative estimate of drug-likeness (QED) is 0.886. The third-order valence-electron chi connectivity index (χ3n) is 2.40. The second kappa shape index (κ2) is 5.93. The summed E-state index contributed by atoms with van der Waals surface area (Å²) in [4.78, 5) is 1.68. The van der Waals surface area contributed by atoms with E-state index in [1.807, 2.05) is 12.1 Å². The number of benzene rings is 2. The van der Waals surface area contributed by atoms with Crippen LogP contribution < -0.4 is 5.73 Å². The molecule has 2 N–H and O–H groups in total. The zero-order valence-electron chi connectivity index (χ0n) is 9.29. The van der Waals surface area contributed by atoms with Gasteiger partial charge in [-0.25, -0.2) is 4.39 Å². The summed E-state index contributed by atoms with van der Waals surface area (Å²) in [5.74, 6) is -0.289.